The first-order valence-corrected chi connectivity index (χ1v) is 10.0. The summed E-state index contributed by atoms with van der Waals surface area (Å²) >= 11 is 0. The van der Waals surface area contributed by atoms with Crippen LogP contribution in [0.2, 0.25) is 0 Å². The fraction of sp³-hybridized carbons (Fsp3) is 0.389. The van der Waals surface area contributed by atoms with E-state index in [1.165, 1.54) is 6.92 Å². The molecule has 1 heterocycles. The lowest BCUT2D eigenvalue weighted by Gasteiger charge is -2.22. The predicted molar refractivity (Wildman–Crippen MR) is 101 cm³/mol. The third-order valence-corrected chi connectivity index (χ3v) is 5.15. The van der Waals surface area contributed by atoms with Crippen molar-refractivity contribution in [3.63, 3.8) is 0 Å². The van der Waals surface area contributed by atoms with Crippen LogP contribution in [-0.4, -0.2) is 50.0 Å². The number of hydrogen-bond acceptors (Lipinski definition) is 5. The summed E-state index contributed by atoms with van der Waals surface area (Å²) < 4.78 is 33.4. The summed E-state index contributed by atoms with van der Waals surface area (Å²) in [4.78, 5) is 24.0. The summed E-state index contributed by atoms with van der Waals surface area (Å²) in [6.45, 7) is 3.16. The minimum atomic E-state index is -4.05. The molecule has 27 heavy (non-hydrogen) atoms. The summed E-state index contributed by atoms with van der Waals surface area (Å²) in [5.74, 6) is -1.15. The zero-order chi connectivity index (χ0) is 19.9. The molecule has 1 aromatic carbocycles. The molecule has 1 aromatic rings. The molecule has 9 heteroatoms. The largest absolute Gasteiger partial charge is 0.462 e. The van der Waals surface area contributed by atoms with Gasteiger partial charge in [0.1, 0.15) is 6.54 Å². The highest BCUT2D eigenvalue weighted by Crippen LogP contribution is 2.17. The molecule has 1 aliphatic heterocycles. The van der Waals surface area contributed by atoms with Crippen LogP contribution in [0, 0.1) is 0 Å². The number of esters is 1. The molecule has 0 aromatic heterocycles. The highest BCUT2D eigenvalue weighted by atomic mass is 32.2. The Balaban J connectivity index is 1.91. The maximum atomic E-state index is 12.1. The van der Waals surface area contributed by atoms with Crippen LogP contribution in [-0.2, 0) is 31.0 Å². The molecule has 0 unspecified atom stereocenters. The summed E-state index contributed by atoms with van der Waals surface area (Å²) in [5.41, 5.74) is 1.22. The molecule has 8 nitrogen and oxygen atoms in total. The van der Waals surface area contributed by atoms with Crippen molar-refractivity contribution < 1.29 is 22.7 Å². The Morgan fingerprint density at radius 1 is 1.22 bits per heavy atom. The molecule has 0 bridgehead atoms. The number of hydrogen-bond donors (Lipinski definition) is 1. The lowest BCUT2D eigenvalue weighted by molar-refractivity contribution is -0.138. The van der Waals surface area contributed by atoms with Crippen molar-refractivity contribution in [3.05, 3.63) is 47.7 Å². The maximum absolute atomic E-state index is 12.1. The molecule has 146 valence electrons. The number of benzene rings is 1. The lowest BCUT2D eigenvalue weighted by atomic mass is 10.1. The molecule has 1 N–H and O–H groups in total. The van der Waals surface area contributed by atoms with Gasteiger partial charge in [-0.05, 0) is 32.3 Å². The van der Waals surface area contributed by atoms with E-state index in [2.05, 4.69) is 9.71 Å². The molecule has 0 saturated carbocycles. The second kappa shape index (κ2) is 9.31. The normalized spacial score (nSPS) is 15.6. The monoisotopic (exact) mass is 393 g/mol. The van der Waals surface area contributed by atoms with Gasteiger partial charge in [0, 0.05) is 12.7 Å². The molecular weight excluding hydrogens is 370 g/mol. The Hall–Kier alpha value is -2.68. The van der Waals surface area contributed by atoms with Gasteiger partial charge in [-0.3, -0.25) is 4.79 Å². The molecule has 0 radical (unpaired) electrons. The maximum Gasteiger partial charge on any atom is 0.344 e. The summed E-state index contributed by atoms with van der Waals surface area (Å²) in [5, 5.41) is 2.68. The van der Waals surface area contributed by atoms with E-state index in [1.54, 1.807) is 6.92 Å². The van der Waals surface area contributed by atoms with Crippen LogP contribution in [0.15, 0.2) is 46.5 Å². The standard InChI is InChI=1S/C18H23N3O5S/c1-3-26-18(23)16-12-21(27(24,25)20-14(16)2)13-17(22)19-11-7-10-15-8-5-4-6-9-15/h4-6,8-9,12H,3,7,10-11,13H2,1-2H3,(H,19,22). The molecule has 0 fully saturated rings. The minimum absolute atomic E-state index is 0.0172. The van der Waals surface area contributed by atoms with Gasteiger partial charge in [0.25, 0.3) is 0 Å². The molecule has 0 saturated heterocycles. The van der Waals surface area contributed by atoms with Crippen molar-refractivity contribution in [2.75, 3.05) is 19.7 Å². The Morgan fingerprint density at radius 2 is 1.93 bits per heavy atom. The third-order valence-electron chi connectivity index (χ3n) is 3.81. The Morgan fingerprint density at radius 3 is 2.59 bits per heavy atom. The number of nitrogens with one attached hydrogen (secondary N) is 1. The van der Waals surface area contributed by atoms with Crippen LogP contribution in [0.3, 0.4) is 0 Å². The van der Waals surface area contributed by atoms with Gasteiger partial charge in [0.15, 0.2) is 0 Å². The summed E-state index contributed by atoms with van der Waals surface area (Å²) in [6.07, 6.45) is 2.63. The van der Waals surface area contributed by atoms with Crippen LogP contribution in [0.25, 0.3) is 0 Å². The van der Waals surface area contributed by atoms with Crippen LogP contribution >= 0.6 is 0 Å². The lowest BCUT2D eigenvalue weighted by Crippen LogP contribution is -2.40. The SMILES string of the molecule is CCOC(=O)C1=CN(CC(=O)NCCCc2ccccc2)S(=O)(=O)N=C1C. The first kappa shape index (κ1) is 20.6. The van der Waals surface area contributed by atoms with Crippen molar-refractivity contribution in [1.82, 2.24) is 9.62 Å². The predicted octanol–water partition coefficient (Wildman–Crippen LogP) is 1.20. The fourth-order valence-electron chi connectivity index (χ4n) is 2.48. The van der Waals surface area contributed by atoms with Gasteiger partial charge in [-0.15, -0.1) is 4.40 Å². The van der Waals surface area contributed by atoms with Gasteiger partial charge in [-0.2, -0.15) is 8.42 Å². The van der Waals surface area contributed by atoms with Crippen LogP contribution < -0.4 is 5.32 Å². The highest BCUT2D eigenvalue weighted by molar-refractivity contribution is 7.88. The molecule has 0 aliphatic carbocycles. The Bertz CT molecular complexity index is 847. The van der Waals surface area contributed by atoms with Crippen LogP contribution in [0.1, 0.15) is 25.8 Å². The Kier molecular flexibility index (Phi) is 7.12. The second-order valence-electron chi connectivity index (χ2n) is 5.90. The first-order chi connectivity index (χ1) is 12.8. The first-order valence-electron chi connectivity index (χ1n) is 8.61. The van der Waals surface area contributed by atoms with Crippen molar-refractivity contribution in [1.29, 1.82) is 0 Å². The number of carbonyl (C=O) groups excluding carboxylic acids is 2. The number of ether oxygens (including phenoxy) is 1. The molecule has 1 amide bonds. The molecule has 1 aliphatic rings. The number of carbonyl (C=O) groups is 2. The zero-order valence-corrected chi connectivity index (χ0v) is 16.2. The minimum Gasteiger partial charge on any atom is -0.462 e. The van der Waals surface area contributed by atoms with E-state index < -0.39 is 28.6 Å². The number of amides is 1. The van der Waals surface area contributed by atoms with E-state index in [-0.39, 0.29) is 17.9 Å². The van der Waals surface area contributed by atoms with Crippen molar-refractivity contribution in [2.24, 2.45) is 4.40 Å². The smallest absolute Gasteiger partial charge is 0.344 e. The summed E-state index contributed by atoms with van der Waals surface area (Å²) in [6, 6.07) is 9.84. The van der Waals surface area contributed by atoms with E-state index in [0.29, 0.717) is 6.54 Å². The fourth-order valence-corrected chi connectivity index (χ4v) is 3.55. The van der Waals surface area contributed by atoms with Gasteiger partial charge in [-0.1, -0.05) is 30.3 Å². The zero-order valence-electron chi connectivity index (χ0n) is 15.3. The van der Waals surface area contributed by atoms with Crippen molar-refractivity contribution in [2.45, 2.75) is 26.7 Å². The van der Waals surface area contributed by atoms with Gasteiger partial charge in [0.05, 0.1) is 17.9 Å². The van der Waals surface area contributed by atoms with Gasteiger partial charge < -0.3 is 10.1 Å². The topological polar surface area (TPSA) is 105 Å². The number of aryl methyl sites for hydroxylation is 1. The van der Waals surface area contributed by atoms with Crippen molar-refractivity contribution >= 4 is 27.8 Å². The van der Waals surface area contributed by atoms with E-state index in [4.69, 9.17) is 4.74 Å². The Labute approximate surface area is 159 Å². The van der Waals surface area contributed by atoms with E-state index in [0.717, 1.165) is 28.9 Å². The quantitative estimate of drug-likeness (QED) is 0.528. The average molecular weight is 393 g/mol. The molecular formula is C18H23N3O5S. The van der Waals surface area contributed by atoms with E-state index >= 15 is 0 Å². The number of rotatable bonds is 8. The van der Waals surface area contributed by atoms with Gasteiger partial charge in [0.2, 0.25) is 5.91 Å². The molecule has 0 atom stereocenters. The van der Waals surface area contributed by atoms with Gasteiger partial charge >= 0.3 is 16.2 Å². The average Bonchev–Trinajstić information content (AvgIpc) is 2.61. The van der Waals surface area contributed by atoms with Gasteiger partial charge in [-0.25, -0.2) is 9.10 Å². The van der Waals surface area contributed by atoms with Crippen LogP contribution in [0.5, 0.6) is 0 Å². The molecule has 2 rings (SSSR count). The van der Waals surface area contributed by atoms with E-state index in [1.807, 2.05) is 30.3 Å². The van der Waals surface area contributed by atoms with Crippen LogP contribution in [0.4, 0.5) is 0 Å². The highest BCUT2D eigenvalue weighted by Gasteiger charge is 2.30. The third kappa shape index (κ3) is 5.92. The molecule has 0 spiro atoms. The van der Waals surface area contributed by atoms with E-state index in [9.17, 15) is 18.0 Å². The second-order valence-corrected chi connectivity index (χ2v) is 7.45. The van der Waals surface area contributed by atoms with Crippen molar-refractivity contribution in [3.8, 4) is 0 Å². The number of nitrogens with zero attached hydrogens (tertiary/aromatic N) is 2. The summed E-state index contributed by atoms with van der Waals surface area (Å²) in [7, 11) is -4.05.